The smallest absolute Gasteiger partial charge is 0.248 e. The fraction of sp³-hybridized carbons (Fsp3) is 0.355. The number of ketones is 2. The number of epoxide rings is 1. The Kier molecular flexibility index (Phi) is 9.63. The molecule has 1 saturated heterocycles. The fourth-order valence-corrected chi connectivity index (χ4v) is 4.87. The van der Waals surface area contributed by atoms with Crippen LogP contribution in [-0.2, 0) is 23.9 Å². The molecule has 0 radical (unpaired) electrons. The molecule has 4 aliphatic rings. The molecule has 2 amide bonds. The second kappa shape index (κ2) is 13.3. The van der Waals surface area contributed by atoms with E-state index in [1.807, 2.05) is 12.2 Å². The minimum atomic E-state index is -1.60. The molecule has 0 bridgehead atoms. The highest BCUT2D eigenvalue weighted by atomic mass is 16.6. The van der Waals surface area contributed by atoms with Gasteiger partial charge in [0.05, 0.1) is 5.70 Å². The van der Waals surface area contributed by atoms with E-state index in [1.54, 1.807) is 18.2 Å². The Morgan fingerprint density at radius 1 is 0.875 bits per heavy atom. The van der Waals surface area contributed by atoms with Gasteiger partial charge in [0.25, 0.3) is 0 Å². The molecule has 0 unspecified atom stereocenters. The van der Waals surface area contributed by atoms with Crippen molar-refractivity contribution in [1.29, 1.82) is 0 Å². The predicted molar refractivity (Wildman–Crippen MR) is 148 cm³/mol. The first kappa shape index (κ1) is 28.9. The van der Waals surface area contributed by atoms with Crippen molar-refractivity contribution in [2.75, 3.05) is 0 Å². The van der Waals surface area contributed by atoms with Crippen LogP contribution in [0.1, 0.15) is 44.9 Å². The van der Waals surface area contributed by atoms with Crippen molar-refractivity contribution < 1.29 is 34.1 Å². The van der Waals surface area contributed by atoms with Crippen LogP contribution in [0.2, 0.25) is 0 Å². The summed E-state index contributed by atoms with van der Waals surface area (Å²) < 4.78 is 5.35. The second-order valence-corrected chi connectivity index (χ2v) is 10.1. The van der Waals surface area contributed by atoms with Crippen molar-refractivity contribution in [3.8, 4) is 0 Å². The Hall–Kier alpha value is -4.08. The lowest BCUT2D eigenvalue weighted by atomic mass is 9.88. The molecule has 4 N–H and O–H groups in total. The van der Waals surface area contributed by atoms with E-state index in [4.69, 9.17) is 4.74 Å². The summed E-state index contributed by atoms with van der Waals surface area (Å²) in [5.41, 5.74) is -1.72. The van der Waals surface area contributed by atoms with Gasteiger partial charge in [-0.3, -0.25) is 19.2 Å². The second-order valence-electron chi connectivity index (χ2n) is 10.1. The number of hydrogen-bond donors (Lipinski definition) is 4. The van der Waals surface area contributed by atoms with E-state index in [9.17, 15) is 29.4 Å². The minimum absolute atomic E-state index is 0.0405. The van der Waals surface area contributed by atoms with Gasteiger partial charge in [-0.05, 0) is 30.9 Å². The lowest BCUT2D eigenvalue weighted by Gasteiger charge is -2.23. The molecule has 2 fully saturated rings. The minimum Gasteiger partial charge on any atom is -0.510 e. The van der Waals surface area contributed by atoms with E-state index in [-0.39, 0.29) is 35.8 Å². The number of carbonyl (C=O) groups is 4. The number of carbonyl (C=O) groups excluding carboxylic acids is 4. The lowest BCUT2D eigenvalue weighted by molar-refractivity contribution is -0.121. The van der Waals surface area contributed by atoms with Crippen LogP contribution < -0.4 is 10.6 Å². The van der Waals surface area contributed by atoms with Crippen LogP contribution in [-0.4, -0.2) is 51.4 Å². The number of allylic oxidation sites excluding steroid dienone is 11. The Bertz CT molecular complexity index is 1270. The van der Waals surface area contributed by atoms with Gasteiger partial charge in [0.2, 0.25) is 17.6 Å². The van der Waals surface area contributed by atoms with E-state index in [2.05, 4.69) is 16.7 Å². The van der Waals surface area contributed by atoms with E-state index in [0.717, 1.165) is 0 Å². The summed E-state index contributed by atoms with van der Waals surface area (Å²) in [7, 11) is 0. The molecule has 1 aliphatic heterocycles. The first-order valence-electron chi connectivity index (χ1n) is 13.5. The van der Waals surface area contributed by atoms with Crippen LogP contribution in [0.5, 0.6) is 0 Å². The van der Waals surface area contributed by atoms with Crippen molar-refractivity contribution in [3.63, 3.8) is 0 Å². The number of Topliss-reactive ketones (excluding diaryl/α,β-unsaturated/α-hetero) is 2. The first-order valence-corrected chi connectivity index (χ1v) is 13.5. The monoisotopic (exact) mass is 546 g/mol. The number of fused-ring (bicyclic) bond motifs is 1. The summed E-state index contributed by atoms with van der Waals surface area (Å²) in [6, 6.07) is 0. The molecule has 0 aromatic carbocycles. The molecule has 0 spiro atoms. The van der Waals surface area contributed by atoms with Crippen LogP contribution in [0.4, 0.5) is 0 Å². The highest BCUT2D eigenvalue weighted by molar-refractivity contribution is 6.06. The third kappa shape index (κ3) is 7.74. The third-order valence-corrected chi connectivity index (χ3v) is 7.07. The normalized spacial score (nSPS) is 27.7. The Morgan fingerprint density at radius 2 is 1.52 bits per heavy atom. The van der Waals surface area contributed by atoms with Crippen LogP contribution in [0.15, 0.2) is 96.1 Å². The number of aliphatic hydroxyl groups is 2. The summed E-state index contributed by atoms with van der Waals surface area (Å²) in [4.78, 5) is 48.3. The van der Waals surface area contributed by atoms with Gasteiger partial charge in [-0.2, -0.15) is 0 Å². The number of amides is 2. The third-order valence-electron chi connectivity index (χ3n) is 7.07. The molecule has 0 aromatic rings. The molecule has 3 aliphatic carbocycles. The van der Waals surface area contributed by atoms with E-state index in [1.165, 1.54) is 74.6 Å². The van der Waals surface area contributed by atoms with Gasteiger partial charge in [-0.1, -0.05) is 73.9 Å². The largest absolute Gasteiger partial charge is 0.510 e. The number of ether oxygens (including phenoxy) is 1. The quantitative estimate of drug-likeness (QED) is 0.187. The van der Waals surface area contributed by atoms with Crippen molar-refractivity contribution in [2.45, 2.75) is 62.8 Å². The lowest BCUT2D eigenvalue weighted by Crippen LogP contribution is -2.42. The molecule has 1 saturated carbocycles. The zero-order valence-corrected chi connectivity index (χ0v) is 22.1. The molecular weight excluding hydrogens is 512 g/mol. The topological polar surface area (TPSA) is 145 Å². The molecule has 40 heavy (non-hydrogen) atoms. The molecule has 3 atom stereocenters. The maximum Gasteiger partial charge on any atom is 0.248 e. The van der Waals surface area contributed by atoms with Crippen LogP contribution in [0.3, 0.4) is 0 Å². The average molecular weight is 547 g/mol. The van der Waals surface area contributed by atoms with E-state index < -0.39 is 35.4 Å². The van der Waals surface area contributed by atoms with Gasteiger partial charge in [0, 0.05) is 25.0 Å². The number of rotatable bonds is 10. The molecular formula is C31H34N2O7. The van der Waals surface area contributed by atoms with Gasteiger partial charge in [-0.15, -0.1) is 0 Å². The van der Waals surface area contributed by atoms with Gasteiger partial charge in [0.15, 0.2) is 11.9 Å². The summed E-state index contributed by atoms with van der Waals surface area (Å²) >= 11 is 0. The number of aliphatic hydroxyl groups excluding tert-OH is 1. The molecule has 4 rings (SSSR count). The standard InChI is InChI=1S/C31H34N2O7/c34-23-17-18-24(35)27(23)33-26(37)16-10-3-4-11-19-31(39)20-22(28(38)29-30(31)40-29)32-25(36)15-9-2-1-6-12-21-13-7-5-8-14-21/h1-4,6,9-12,15-16,19-21,29-30,34,39H,5,7-8,13-14,17-18H2,(H,32,36)(H,33,37)/b2-1+,4-3+,12-6+,15-9+,16-10+,19-11+/t29-,30-,31-/m0/s1. The Balaban J connectivity index is 1.27. The number of hydrogen-bond acceptors (Lipinski definition) is 7. The van der Waals surface area contributed by atoms with Crippen LogP contribution in [0, 0.1) is 5.92 Å². The summed E-state index contributed by atoms with van der Waals surface area (Å²) in [6.07, 6.45) is 25.7. The summed E-state index contributed by atoms with van der Waals surface area (Å²) in [5, 5.41) is 25.5. The van der Waals surface area contributed by atoms with Gasteiger partial charge >= 0.3 is 0 Å². The van der Waals surface area contributed by atoms with Crippen molar-refractivity contribution in [3.05, 3.63) is 96.1 Å². The van der Waals surface area contributed by atoms with Crippen molar-refractivity contribution >= 4 is 23.4 Å². The Morgan fingerprint density at radius 3 is 2.20 bits per heavy atom. The molecule has 9 heteroatoms. The molecule has 0 aromatic heterocycles. The highest BCUT2D eigenvalue weighted by Crippen LogP contribution is 2.40. The first-order chi connectivity index (χ1) is 19.3. The highest BCUT2D eigenvalue weighted by Gasteiger charge is 2.59. The van der Waals surface area contributed by atoms with E-state index >= 15 is 0 Å². The summed E-state index contributed by atoms with van der Waals surface area (Å²) in [6.45, 7) is 0. The van der Waals surface area contributed by atoms with Gasteiger partial charge < -0.3 is 25.6 Å². The molecule has 9 nitrogen and oxygen atoms in total. The fourth-order valence-electron chi connectivity index (χ4n) is 4.87. The van der Waals surface area contributed by atoms with Crippen LogP contribution in [0.25, 0.3) is 0 Å². The van der Waals surface area contributed by atoms with Crippen LogP contribution >= 0.6 is 0 Å². The van der Waals surface area contributed by atoms with Gasteiger partial charge in [-0.25, -0.2) is 0 Å². The zero-order chi connectivity index (χ0) is 28.5. The van der Waals surface area contributed by atoms with E-state index in [0.29, 0.717) is 5.92 Å². The maximum absolute atomic E-state index is 12.5. The van der Waals surface area contributed by atoms with Crippen molar-refractivity contribution in [1.82, 2.24) is 10.6 Å². The zero-order valence-electron chi connectivity index (χ0n) is 22.1. The SMILES string of the molecule is O=C(/C=C/C=C/C=C/C1CCCCC1)NC1=C[C@@](O)(/C=C/C=C/C=C/C(=O)NC2=C(O)CCC2=O)[C@H]2O[C@H]2C1=O. The average Bonchev–Trinajstić information content (AvgIpc) is 3.70. The maximum atomic E-state index is 12.5. The van der Waals surface area contributed by atoms with Gasteiger partial charge in [0.1, 0.15) is 23.2 Å². The van der Waals surface area contributed by atoms with Crippen molar-refractivity contribution in [2.24, 2.45) is 5.92 Å². The number of nitrogens with one attached hydrogen (secondary N) is 2. The molecule has 210 valence electrons. The molecule has 1 heterocycles. The summed E-state index contributed by atoms with van der Waals surface area (Å²) in [5.74, 6) is -1.28. The Labute approximate surface area is 233 Å². The predicted octanol–water partition coefficient (Wildman–Crippen LogP) is 3.23.